The highest BCUT2D eigenvalue weighted by Crippen LogP contribution is 2.34. The number of carbonyl (C=O) groups excluding carboxylic acids is 4. The Morgan fingerprint density at radius 1 is 1.05 bits per heavy atom. The van der Waals surface area contributed by atoms with Crippen molar-refractivity contribution in [2.45, 2.75) is 69.8 Å². The van der Waals surface area contributed by atoms with Crippen LogP contribution in [0.3, 0.4) is 0 Å². The molecule has 0 bridgehead atoms. The number of carboxylic acids is 1. The molecule has 0 radical (unpaired) electrons. The summed E-state index contributed by atoms with van der Waals surface area (Å²) in [6.45, 7) is 2.95. The Kier molecular flexibility index (Phi) is 9.51. The van der Waals surface area contributed by atoms with Crippen LogP contribution in [0.5, 0.6) is 5.75 Å². The number of imide groups is 1. The maximum atomic E-state index is 13.2. The Bertz CT molecular complexity index is 1190. The molecule has 0 spiro atoms. The van der Waals surface area contributed by atoms with E-state index in [1.54, 1.807) is 18.2 Å². The lowest BCUT2D eigenvalue weighted by molar-refractivity contribution is -0.192. The third kappa shape index (κ3) is 7.16. The van der Waals surface area contributed by atoms with Gasteiger partial charge in [0.15, 0.2) is 6.61 Å². The third-order valence-corrected chi connectivity index (χ3v) is 7.93. The second-order valence-corrected chi connectivity index (χ2v) is 10.5. The molecular formula is C27H33F3N4O7. The average Bonchev–Trinajstić information content (AvgIpc) is 3.28. The Hall–Kier alpha value is -3.68. The summed E-state index contributed by atoms with van der Waals surface area (Å²) in [6, 6.07) is 4.83. The Morgan fingerprint density at radius 3 is 2.41 bits per heavy atom. The van der Waals surface area contributed by atoms with Crippen molar-refractivity contribution in [3.63, 3.8) is 0 Å². The fraction of sp³-hybridized carbons (Fsp3) is 0.593. The minimum atomic E-state index is -5.08. The van der Waals surface area contributed by atoms with Crippen molar-refractivity contribution in [3.05, 3.63) is 29.3 Å². The normalized spacial score (nSPS) is 23.3. The van der Waals surface area contributed by atoms with Gasteiger partial charge in [-0.25, -0.2) is 4.79 Å². The van der Waals surface area contributed by atoms with Gasteiger partial charge in [-0.2, -0.15) is 13.2 Å². The lowest BCUT2D eigenvalue weighted by Gasteiger charge is -2.42. The van der Waals surface area contributed by atoms with Gasteiger partial charge in [-0.05, 0) is 69.7 Å². The fourth-order valence-electron chi connectivity index (χ4n) is 5.90. The van der Waals surface area contributed by atoms with E-state index in [-0.39, 0.29) is 43.3 Å². The molecular weight excluding hydrogens is 549 g/mol. The van der Waals surface area contributed by atoms with E-state index in [9.17, 15) is 32.3 Å². The van der Waals surface area contributed by atoms with Crippen LogP contribution in [0.1, 0.15) is 60.9 Å². The number of likely N-dealkylation sites (tertiary alicyclic amines) is 1. The van der Waals surface area contributed by atoms with E-state index in [1.165, 1.54) is 4.90 Å². The first kappa shape index (κ1) is 30.3. The van der Waals surface area contributed by atoms with Gasteiger partial charge in [-0.15, -0.1) is 0 Å². The molecule has 2 unspecified atom stereocenters. The third-order valence-electron chi connectivity index (χ3n) is 7.93. The van der Waals surface area contributed by atoms with Crippen LogP contribution in [0.25, 0.3) is 0 Å². The first-order chi connectivity index (χ1) is 19.5. The van der Waals surface area contributed by atoms with Crippen molar-refractivity contribution in [2.75, 3.05) is 26.2 Å². The molecule has 4 aliphatic heterocycles. The summed E-state index contributed by atoms with van der Waals surface area (Å²) in [6.07, 6.45) is 0.855. The number of halogens is 3. The molecule has 0 aliphatic carbocycles. The molecule has 14 heteroatoms. The number of rotatable bonds is 5. The van der Waals surface area contributed by atoms with Crippen LogP contribution >= 0.6 is 0 Å². The lowest BCUT2D eigenvalue weighted by Crippen LogP contribution is -2.52. The summed E-state index contributed by atoms with van der Waals surface area (Å²) >= 11 is 0. The van der Waals surface area contributed by atoms with Crippen molar-refractivity contribution in [2.24, 2.45) is 5.92 Å². The summed E-state index contributed by atoms with van der Waals surface area (Å²) in [4.78, 5) is 62.4. The van der Waals surface area contributed by atoms with E-state index in [1.807, 2.05) is 4.90 Å². The largest absolute Gasteiger partial charge is 0.490 e. The van der Waals surface area contributed by atoms with Gasteiger partial charge < -0.3 is 25.0 Å². The van der Waals surface area contributed by atoms with E-state index in [0.29, 0.717) is 29.2 Å². The van der Waals surface area contributed by atoms with Gasteiger partial charge in [0.05, 0.1) is 6.54 Å². The Labute approximate surface area is 234 Å². The molecule has 41 heavy (non-hydrogen) atoms. The van der Waals surface area contributed by atoms with Crippen LogP contribution < -0.4 is 15.4 Å². The van der Waals surface area contributed by atoms with Gasteiger partial charge in [0.1, 0.15) is 11.8 Å². The molecule has 224 valence electrons. The van der Waals surface area contributed by atoms with Gasteiger partial charge in [0, 0.05) is 30.1 Å². The number of alkyl halides is 3. The number of benzene rings is 1. The van der Waals surface area contributed by atoms with E-state index in [4.69, 9.17) is 14.6 Å². The molecule has 3 N–H and O–H groups in total. The number of hydrogen-bond acceptors (Lipinski definition) is 7. The Morgan fingerprint density at radius 2 is 1.76 bits per heavy atom. The fourth-order valence-corrected chi connectivity index (χ4v) is 5.90. The molecule has 4 amide bonds. The van der Waals surface area contributed by atoms with Crippen LogP contribution in [0.4, 0.5) is 13.2 Å². The highest BCUT2D eigenvalue weighted by Gasteiger charge is 2.41. The zero-order valence-electron chi connectivity index (χ0n) is 22.4. The van der Waals surface area contributed by atoms with Crippen molar-refractivity contribution < 1.29 is 47.0 Å². The second-order valence-electron chi connectivity index (χ2n) is 10.5. The van der Waals surface area contributed by atoms with Gasteiger partial charge in [-0.1, -0.05) is 6.07 Å². The number of amides is 4. The summed E-state index contributed by atoms with van der Waals surface area (Å²) in [5, 5.41) is 12.8. The maximum absolute atomic E-state index is 13.2. The quantitative estimate of drug-likeness (QED) is 0.446. The lowest BCUT2D eigenvalue weighted by atomic mass is 9.84. The van der Waals surface area contributed by atoms with E-state index in [0.717, 1.165) is 51.7 Å². The SMILES string of the molecule is O=C(O)C(F)(F)F.O=C1CCC(N2Cc3c(OCC(=O)N4CCCCC4C4CCNCC4)cccc3C2=O)C(=O)N1. The maximum Gasteiger partial charge on any atom is 0.490 e. The number of carbonyl (C=O) groups is 5. The molecule has 3 fully saturated rings. The summed E-state index contributed by atoms with van der Waals surface area (Å²) < 4.78 is 37.7. The smallest absolute Gasteiger partial charge is 0.483 e. The van der Waals surface area contributed by atoms with Crippen molar-refractivity contribution in [3.8, 4) is 5.75 Å². The summed E-state index contributed by atoms with van der Waals surface area (Å²) in [5.41, 5.74) is 1.18. The van der Waals surface area contributed by atoms with Gasteiger partial charge in [0.25, 0.3) is 11.8 Å². The first-order valence-electron chi connectivity index (χ1n) is 13.7. The molecule has 5 rings (SSSR count). The zero-order valence-corrected chi connectivity index (χ0v) is 22.4. The molecule has 11 nitrogen and oxygen atoms in total. The van der Waals surface area contributed by atoms with Crippen LogP contribution in [-0.2, 0) is 25.7 Å². The highest BCUT2D eigenvalue weighted by atomic mass is 19.4. The van der Waals surface area contributed by atoms with Gasteiger partial charge in [-0.3, -0.25) is 24.5 Å². The minimum absolute atomic E-state index is 0.00724. The van der Waals surface area contributed by atoms with Crippen LogP contribution in [0.15, 0.2) is 18.2 Å². The van der Waals surface area contributed by atoms with E-state index < -0.39 is 24.1 Å². The highest BCUT2D eigenvalue weighted by molar-refractivity contribution is 6.05. The number of hydrogen-bond donors (Lipinski definition) is 3. The minimum Gasteiger partial charge on any atom is -0.483 e. The Balaban J connectivity index is 0.000000493. The van der Waals surface area contributed by atoms with Crippen molar-refractivity contribution in [1.82, 2.24) is 20.4 Å². The van der Waals surface area contributed by atoms with Crippen molar-refractivity contribution in [1.29, 1.82) is 0 Å². The number of fused-ring (bicyclic) bond motifs is 1. The molecule has 1 aromatic carbocycles. The van der Waals surface area contributed by atoms with Crippen LogP contribution in [-0.4, -0.2) is 89.0 Å². The van der Waals surface area contributed by atoms with E-state index >= 15 is 0 Å². The number of nitrogens with one attached hydrogen (secondary N) is 2. The molecule has 1 aromatic rings. The number of carboxylic acid groups (broad SMARTS) is 1. The average molecular weight is 583 g/mol. The summed E-state index contributed by atoms with van der Waals surface area (Å²) in [7, 11) is 0. The van der Waals surface area contributed by atoms with Gasteiger partial charge in [0.2, 0.25) is 11.8 Å². The molecule has 4 aliphatic rings. The standard InChI is InChI=1S/C25H32N4O5.C2HF3O2/c30-22-8-7-20(24(32)27-22)29-14-18-17(25(29)33)4-3-6-21(18)34-15-23(31)28-13-2-1-5-19(28)16-9-11-26-12-10-16;3-2(4,5)1(6)7/h3-4,6,16,19-20,26H,1-2,5,7-15H2,(H,27,30,32);(H,6,7). The predicted molar refractivity (Wildman–Crippen MR) is 137 cm³/mol. The molecule has 3 saturated heterocycles. The summed E-state index contributed by atoms with van der Waals surface area (Å²) in [5.74, 6) is -2.73. The molecule has 2 atom stereocenters. The van der Waals surface area contributed by atoms with Crippen molar-refractivity contribution >= 4 is 29.6 Å². The number of aliphatic carboxylic acids is 1. The zero-order chi connectivity index (χ0) is 29.7. The molecule has 0 aromatic heterocycles. The molecule has 0 saturated carbocycles. The predicted octanol–water partition coefficient (Wildman–Crippen LogP) is 1.84. The van der Waals surface area contributed by atoms with Crippen LogP contribution in [0.2, 0.25) is 0 Å². The second kappa shape index (κ2) is 12.9. The number of nitrogens with zero attached hydrogens (tertiary/aromatic N) is 2. The topological polar surface area (TPSA) is 145 Å². The molecule has 4 heterocycles. The van der Waals surface area contributed by atoms with Gasteiger partial charge >= 0.3 is 12.1 Å². The number of ether oxygens (including phenoxy) is 1. The number of piperidine rings is 3. The van der Waals surface area contributed by atoms with E-state index in [2.05, 4.69) is 10.6 Å². The first-order valence-corrected chi connectivity index (χ1v) is 13.7. The monoisotopic (exact) mass is 582 g/mol. The van der Waals surface area contributed by atoms with Crippen LogP contribution in [0, 0.1) is 5.92 Å².